The standard InChI is InChI=1S/C17H18FNO3/c1-17(2,3)22-13-9-10-14(18)15(11-13)19-16(20)21-12-7-5-4-6-8-12/h4-11H,1-3H3,(H,19,20). The summed E-state index contributed by atoms with van der Waals surface area (Å²) < 4.78 is 24.5. The SMILES string of the molecule is CC(C)(C)Oc1ccc(F)c(NC(=O)Oc2ccccc2)c1. The normalized spacial score (nSPS) is 10.9. The van der Waals surface area contributed by atoms with Crippen molar-refractivity contribution in [2.45, 2.75) is 26.4 Å². The smallest absolute Gasteiger partial charge is 0.417 e. The van der Waals surface area contributed by atoms with Gasteiger partial charge in [-0.25, -0.2) is 9.18 Å². The first-order valence-electron chi connectivity index (χ1n) is 6.86. The molecule has 2 aromatic carbocycles. The Morgan fingerprint density at radius 3 is 2.36 bits per heavy atom. The number of nitrogens with one attached hydrogen (secondary N) is 1. The van der Waals surface area contributed by atoms with E-state index in [1.165, 1.54) is 18.2 Å². The maximum Gasteiger partial charge on any atom is 0.417 e. The van der Waals surface area contributed by atoms with Crippen molar-refractivity contribution in [1.82, 2.24) is 0 Å². The number of benzene rings is 2. The highest BCUT2D eigenvalue weighted by Gasteiger charge is 2.15. The molecule has 1 amide bonds. The van der Waals surface area contributed by atoms with Crippen molar-refractivity contribution in [2.24, 2.45) is 0 Å². The minimum Gasteiger partial charge on any atom is -0.488 e. The Morgan fingerprint density at radius 2 is 1.73 bits per heavy atom. The molecule has 0 unspecified atom stereocenters. The summed E-state index contributed by atoms with van der Waals surface area (Å²) in [5.41, 5.74) is -0.415. The van der Waals surface area contributed by atoms with E-state index < -0.39 is 17.5 Å². The van der Waals surface area contributed by atoms with Gasteiger partial charge >= 0.3 is 6.09 Å². The van der Waals surface area contributed by atoms with Gasteiger partial charge in [-0.15, -0.1) is 0 Å². The van der Waals surface area contributed by atoms with Gasteiger partial charge in [0.1, 0.15) is 22.9 Å². The Morgan fingerprint density at radius 1 is 1.05 bits per heavy atom. The van der Waals surface area contributed by atoms with Crippen LogP contribution in [0.25, 0.3) is 0 Å². The number of carbonyl (C=O) groups is 1. The maximum absolute atomic E-state index is 13.8. The van der Waals surface area contributed by atoms with Gasteiger partial charge in [0.05, 0.1) is 5.69 Å². The number of hydrogen-bond donors (Lipinski definition) is 1. The third-order valence-electron chi connectivity index (χ3n) is 2.55. The van der Waals surface area contributed by atoms with E-state index in [1.54, 1.807) is 30.3 Å². The largest absolute Gasteiger partial charge is 0.488 e. The van der Waals surface area contributed by atoms with Crippen LogP contribution in [0.2, 0.25) is 0 Å². The van der Waals surface area contributed by atoms with Crippen LogP contribution in [0.5, 0.6) is 11.5 Å². The fourth-order valence-electron chi connectivity index (χ4n) is 1.75. The van der Waals surface area contributed by atoms with E-state index in [9.17, 15) is 9.18 Å². The molecule has 22 heavy (non-hydrogen) atoms. The molecule has 0 aliphatic heterocycles. The second kappa shape index (κ2) is 6.47. The number of anilines is 1. The molecular formula is C17H18FNO3. The van der Waals surface area contributed by atoms with Crippen LogP contribution in [0.15, 0.2) is 48.5 Å². The van der Waals surface area contributed by atoms with Crippen molar-refractivity contribution >= 4 is 11.8 Å². The quantitative estimate of drug-likeness (QED) is 0.900. The summed E-state index contributed by atoms with van der Waals surface area (Å²) in [5.74, 6) is 0.276. The van der Waals surface area contributed by atoms with Crippen LogP contribution in [0, 0.1) is 5.82 Å². The molecule has 0 atom stereocenters. The van der Waals surface area contributed by atoms with E-state index in [-0.39, 0.29) is 5.69 Å². The maximum atomic E-state index is 13.8. The Hall–Kier alpha value is -2.56. The lowest BCUT2D eigenvalue weighted by molar-refractivity contribution is 0.131. The number of carbonyl (C=O) groups excluding carboxylic acids is 1. The summed E-state index contributed by atoms with van der Waals surface area (Å²) in [6.07, 6.45) is -0.766. The van der Waals surface area contributed by atoms with Crippen LogP contribution in [-0.4, -0.2) is 11.7 Å². The van der Waals surface area contributed by atoms with Gasteiger partial charge in [-0.05, 0) is 45.0 Å². The number of para-hydroxylation sites is 1. The van der Waals surface area contributed by atoms with Gasteiger partial charge in [-0.3, -0.25) is 5.32 Å². The predicted octanol–water partition coefficient (Wildman–Crippen LogP) is 4.61. The molecule has 5 heteroatoms. The average Bonchev–Trinajstić information content (AvgIpc) is 2.42. The number of halogens is 1. The predicted molar refractivity (Wildman–Crippen MR) is 82.9 cm³/mol. The second-order valence-electron chi connectivity index (χ2n) is 5.68. The van der Waals surface area contributed by atoms with E-state index in [0.717, 1.165) is 0 Å². The van der Waals surface area contributed by atoms with E-state index >= 15 is 0 Å². The molecular weight excluding hydrogens is 285 g/mol. The molecule has 0 heterocycles. The molecule has 0 saturated heterocycles. The van der Waals surface area contributed by atoms with Gasteiger partial charge < -0.3 is 9.47 Å². The Labute approximate surface area is 128 Å². The van der Waals surface area contributed by atoms with E-state index in [2.05, 4.69) is 5.32 Å². The number of ether oxygens (including phenoxy) is 2. The van der Waals surface area contributed by atoms with Gasteiger partial charge in [0, 0.05) is 6.07 Å². The first-order chi connectivity index (χ1) is 10.3. The minimum absolute atomic E-state index is 0.00248. The topological polar surface area (TPSA) is 47.6 Å². The van der Waals surface area contributed by atoms with Crippen molar-refractivity contribution in [1.29, 1.82) is 0 Å². The molecule has 0 radical (unpaired) electrons. The van der Waals surface area contributed by atoms with Gasteiger partial charge in [0.2, 0.25) is 0 Å². The van der Waals surface area contributed by atoms with Crippen molar-refractivity contribution in [3.8, 4) is 11.5 Å². The Bertz CT molecular complexity index is 651. The highest BCUT2D eigenvalue weighted by atomic mass is 19.1. The molecule has 0 aliphatic rings. The number of rotatable bonds is 3. The number of amides is 1. The molecule has 0 saturated carbocycles. The molecule has 0 fully saturated rings. The molecule has 116 valence electrons. The summed E-state index contributed by atoms with van der Waals surface area (Å²) in [4.78, 5) is 11.8. The van der Waals surface area contributed by atoms with E-state index in [0.29, 0.717) is 11.5 Å². The van der Waals surface area contributed by atoms with Crippen molar-refractivity contribution in [2.75, 3.05) is 5.32 Å². The van der Waals surface area contributed by atoms with E-state index in [1.807, 2.05) is 20.8 Å². The lowest BCUT2D eigenvalue weighted by Gasteiger charge is -2.21. The Balaban J connectivity index is 2.08. The van der Waals surface area contributed by atoms with Gasteiger partial charge in [0.25, 0.3) is 0 Å². The zero-order valence-electron chi connectivity index (χ0n) is 12.7. The lowest BCUT2D eigenvalue weighted by Crippen LogP contribution is -2.23. The van der Waals surface area contributed by atoms with Gasteiger partial charge in [0.15, 0.2) is 0 Å². The van der Waals surface area contributed by atoms with Crippen LogP contribution in [-0.2, 0) is 0 Å². The summed E-state index contributed by atoms with van der Waals surface area (Å²) in [7, 11) is 0. The van der Waals surface area contributed by atoms with Crippen LogP contribution in [0.3, 0.4) is 0 Å². The molecule has 0 bridgehead atoms. The average molecular weight is 303 g/mol. The second-order valence-corrected chi connectivity index (χ2v) is 5.68. The fourth-order valence-corrected chi connectivity index (χ4v) is 1.75. The third-order valence-corrected chi connectivity index (χ3v) is 2.55. The monoisotopic (exact) mass is 303 g/mol. The van der Waals surface area contributed by atoms with E-state index in [4.69, 9.17) is 9.47 Å². The van der Waals surface area contributed by atoms with Crippen molar-refractivity contribution in [3.63, 3.8) is 0 Å². The molecule has 2 aromatic rings. The lowest BCUT2D eigenvalue weighted by atomic mass is 10.2. The first-order valence-corrected chi connectivity index (χ1v) is 6.86. The molecule has 0 spiro atoms. The fraction of sp³-hybridized carbons (Fsp3) is 0.235. The van der Waals surface area contributed by atoms with Crippen LogP contribution in [0.4, 0.5) is 14.9 Å². The Kier molecular flexibility index (Phi) is 4.65. The van der Waals surface area contributed by atoms with Crippen molar-refractivity contribution in [3.05, 3.63) is 54.3 Å². The van der Waals surface area contributed by atoms with Crippen LogP contribution < -0.4 is 14.8 Å². The first kappa shape index (κ1) is 15.8. The summed E-state index contributed by atoms with van der Waals surface area (Å²) in [5, 5.41) is 2.37. The molecule has 1 N–H and O–H groups in total. The highest BCUT2D eigenvalue weighted by molar-refractivity contribution is 5.86. The molecule has 0 aliphatic carbocycles. The minimum atomic E-state index is -0.766. The molecule has 0 aromatic heterocycles. The molecule has 4 nitrogen and oxygen atoms in total. The van der Waals surface area contributed by atoms with Gasteiger partial charge in [-0.1, -0.05) is 18.2 Å². The van der Waals surface area contributed by atoms with Gasteiger partial charge in [-0.2, -0.15) is 0 Å². The third kappa shape index (κ3) is 4.77. The summed E-state index contributed by atoms with van der Waals surface area (Å²) in [6.45, 7) is 5.65. The summed E-state index contributed by atoms with van der Waals surface area (Å²) >= 11 is 0. The highest BCUT2D eigenvalue weighted by Crippen LogP contribution is 2.25. The zero-order chi connectivity index (χ0) is 16.2. The van der Waals surface area contributed by atoms with Crippen LogP contribution >= 0.6 is 0 Å². The zero-order valence-corrected chi connectivity index (χ0v) is 12.7. The number of hydrogen-bond acceptors (Lipinski definition) is 3. The summed E-state index contributed by atoms with van der Waals surface area (Å²) in [6, 6.07) is 12.7. The van der Waals surface area contributed by atoms with Crippen LogP contribution in [0.1, 0.15) is 20.8 Å². The molecule has 2 rings (SSSR count). The van der Waals surface area contributed by atoms with Crippen molar-refractivity contribution < 1.29 is 18.7 Å².